The zero-order valence-corrected chi connectivity index (χ0v) is 17.8. The van der Waals surface area contributed by atoms with Gasteiger partial charge in [-0.1, -0.05) is 23.7 Å². The minimum atomic E-state index is -0.589. The smallest absolute Gasteiger partial charge is 0.265 e. The highest BCUT2D eigenvalue weighted by atomic mass is 35.5. The fraction of sp³-hybridized carbons (Fsp3) is 0.190. The minimum Gasteiger partial charge on any atom is -0.490 e. The van der Waals surface area contributed by atoms with E-state index in [4.69, 9.17) is 33.3 Å². The molecule has 3 rings (SSSR count). The van der Waals surface area contributed by atoms with Crippen LogP contribution in [-0.4, -0.2) is 35.5 Å². The summed E-state index contributed by atoms with van der Waals surface area (Å²) >= 11 is 11.3. The maximum absolute atomic E-state index is 13.1. The Kier molecular flexibility index (Phi) is 6.69. The third kappa shape index (κ3) is 4.77. The maximum Gasteiger partial charge on any atom is 0.265 e. The fourth-order valence-corrected chi connectivity index (χ4v) is 3.17. The van der Waals surface area contributed by atoms with Gasteiger partial charge in [0.05, 0.1) is 11.6 Å². The molecule has 30 heavy (non-hydrogen) atoms. The lowest BCUT2D eigenvalue weighted by Crippen LogP contribution is -2.52. The third-order valence-corrected chi connectivity index (χ3v) is 4.90. The molecule has 0 bridgehead atoms. The summed E-state index contributed by atoms with van der Waals surface area (Å²) in [6.07, 6.45) is 1.41. The average Bonchev–Trinajstić information content (AvgIpc) is 2.70. The van der Waals surface area contributed by atoms with Gasteiger partial charge in [0.15, 0.2) is 16.6 Å². The second-order valence-corrected chi connectivity index (χ2v) is 7.15. The number of nitrogens with one attached hydrogen (secondary N) is 1. The van der Waals surface area contributed by atoms with Crippen LogP contribution < -0.4 is 14.8 Å². The Morgan fingerprint density at radius 2 is 1.90 bits per heavy atom. The Hall–Kier alpha value is -2.97. The topological polar surface area (TPSA) is 67.9 Å². The number of carbonyl (C=O) groups excluding carboxylic acids is 2. The van der Waals surface area contributed by atoms with Crippen molar-refractivity contribution in [3.63, 3.8) is 0 Å². The molecule has 1 saturated heterocycles. The van der Waals surface area contributed by atoms with Crippen LogP contribution in [0.3, 0.4) is 0 Å². The van der Waals surface area contributed by atoms with Crippen molar-refractivity contribution in [1.82, 2.24) is 10.2 Å². The molecule has 0 radical (unpaired) electrons. The first kappa shape index (κ1) is 21.7. The number of nitrogens with zero attached hydrogens (tertiary/aromatic N) is 1. The van der Waals surface area contributed by atoms with E-state index in [0.29, 0.717) is 23.7 Å². The van der Waals surface area contributed by atoms with Gasteiger partial charge in [-0.15, -0.1) is 0 Å². The van der Waals surface area contributed by atoms with Crippen LogP contribution in [0.25, 0.3) is 6.08 Å². The van der Waals surface area contributed by atoms with Crippen molar-refractivity contribution in [2.75, 3.05) is 13.7 Å². The van der Waals surface area contributed by atoms with E-state index in [0.717, 1.165) is 5.56 Å². The molecule has 6 nitrogen and oxygen atoms in total. The molecule has 2 amide bonds. The van der Waals surface area contributed by atoms with Crippen molar-refractivity contribution >= 4 is 46.8 Å². The van der Waals surface area contributed by atoms with Crippen molar-refractivity contribution in [3.8, 4) is 11.5 Å². The van der Waals surface area contributed by atoms with Crippen molar-refractivity contribution in [2.24, 2.45) is 0 Å². The Bertz CT molecular complexity index is 1040. The predicted octanol–water partition coefficient (Wildman–Crippen LogP) is 3.71. The second-order valence-electron chi connectivity index (χ2n) is 6.36. The number of thiocarbonyl (C=S) groups is 1. The number of ether oxygens (including phenoxy) is 2. The van der Waals surface area contributed by atoms with Gasteiger partial charge in [0.2, 0.25) is 0 Å². The molecular weight excluding hydrogens is 431 g/mol. The van der Waals surface area contributed by atoms with Crippen LogP contribution in [0.2, 0.25) is 5.02 Å². The molecule has 1 aliphatic rings. The molecular formula is C21H18ClFN2O4S. The van der Waals surface area contributed by atoms with Gasteiger partial charge in [-0.25, -0.2) is 4.39 Å². The van der Waals surface area contributed by atoms with Crippen LogP contribution in [0.5, 0.6) is 11.5 Å². The van der Waals surface area contributed by atoms with Gasteiger partial charge in [-0.05, 0) is 60.6 Å². The first-order chi connectivity index (χ1) is 14.3. The number of hydrogen-bond acceptors (Lipinski definition) is 5. The summed E-state index contributed by atoms with van der Waals surface area (Å²) in [5, 5.41) is 2.73. The van der Waals surface area contributed by atoms with E-state index in [1.807, 2.05) is 0 Å². The summed E-state index contributed by atoms with van der Waals surface area (Å²) in [5.74, 6) is -0.783. The van der Waals surface area contributed by atoms with Crippen molar-refractivity contribution < 1.29 is 23.5 Å². The van der Waals surface area contributed by atoms with E-state index in [2.05, 4.69) is 5.32 Å². The number of halogens is 2. The van der Waals surface area contributed by atoms with E-state index in [9.17, 15) is 14.0 Å². The molecule has 1 fully saturated rings. The molecule has 2 aromatic rings. The van der Waals surface area contributed by atoms with Gasteiger partial charge >= 0.3 is 0 Å². The van der Waals surface area contributed by atoms with Crippen LogP contribution in [0.1, 0.15) is 18.1 Å². The van der Waals surface area contributed by atoms with E-state index in [1.165, 1.54) is 30.2 Å². The molecule has 0 aromatic heterocycles. The molecule has 0 spiro atoms. The summed E-state index contributed by atoms with van der Waals surface area (Å²) in [6, 6.07) is 9.08. The molecule has 1 N–H and O–H groups in total. The van der Waals surface area contributed by atoms with Gasteiger partial charge in [0.25, 0.3) is 11.8 Å². The van der Waals surface area contributed by atoms with Crippen molar-refractivity contribution in [2.45, 2.75) is 13.5 Å². The zero-order chi connectivity index (χ0) is 21.8. The number of carbonyl (C=O) groups is 2. The van der Waals surface area contributed by atoms with E-state index >= 15 is 0 Å². The number of hydrogen-bond donors (Lipinski definition) is 1. The molecule has 0 saturated carbocycles. The van der Waals surface area contributed by atoms with Crippen molar-refractivity contribution in [1.29, 1.82) is 0 Å². The number of likely N-dealkylation sites (N-methyl/N-ethyl adjacent to an activating group) is 1. The van der Waals surface area contributed by atoms with Gasteiger partial charge < -0.3 is 9.47 Å². The molecule has 9 heteroatoms. The molecule has 156 valence electrons. The van der Waals surface area contributed by atoms with Gasteiger partial charge in [0.1, 0.15) is 18.0 Å². The van der Waals surface area contributed by atoms with E-state index < -0.39 is 11.8 Å². The summed E-state index contributed by atoms with van der Waals surface area (Å²) in [7, 11) is 1.48. The SMILES string of the molecule is CCOc1cc(C=C2C(=O)NC(=S)N(C)C2=O)cc(Cl)c1OCc1ccc(F)cc1. The lowest BCUT2D eigenvalue weighted by Gasteiger charge is -2.25. The third-order valence-electron chi connectivity index (χ3n) is 4.24. The monoisotopic (exact) mass is 448 g/mol. The first-order valence-corrected chi connectivity index (χ1v) is 9.77. The molecule has 2 aromatic carbocycles. The Balaban J connectivity index is 1.90. The molecule has 0 atom stereocenters. The van der Waals surface area contributed by atoms with Crippen LogP contribution in [0.15, 0.2) is 42.0 Å². The Morgan fingerprint density at radius 3 is 2.57 bits per heavy atom. The summed E-state index contributed by atoms with van der Waals surface area (Å²) < 4.78 is 24.5. The van der Waals surface area contributed by atoms with E-state index in [1.54, 1.807) is 31.2 Å². The average molecular weight is 449 g/mol. The van der Waals surface area contributed by atoms with Gasteiger partial charge in [-0.3, -0.25) is 19.8 Å². The Labute approximate surface area is 183 Å². The van der Waals surface area contributed by atoms with E-state index in [-0.39, 0.29) is 28.1 Å². The van der Waals surface area contributed by atoms with Gasteiger partial charge in [0, 0.05) is 7.05 Å². The Morgan fingerprint density at radius 1 is 1.20 bits per heavy atom. The second kappa shape index (κ2) is 9.23. The lowest BCUT2D eigenvalue weighted by atomic mass is 10.1. The largest absolute Gasteiger partial charge is 0.490 e. The first-order valence-electron chi connectivity index (χ1n) is 8.98. The van der Waals surface area contributed by atoms with Gasteiger partial charge in [-0.2, -0.15) is 0 Å². The van der Waals surface area contributed by atoms with Crippen LogP contribution >= 0.6 is 23.8 Å². The summed E-state index contributed by atoms with van der Waals surface area (Å²) in [4.78, 5) is 25.7. The predicted molar refractivity (Wildman–Crippen MR) is 115 cm³/mol. The van der Waals surface area contributed by atoms with Crippen molar-refractivity contribution in [3.05, 3.63) is 63.9 Å². The highest BCUT2D eigenvalue weighted by molar-refractivity contribution is 7.80. The van der Waals surface area contributed by atoms with Crippen LogP contribution in [0.4, 0.5) is 4.39 Å². The highest BCUT2D eigenvalue weighted by Crippen LogP contribution is 2.38. The highest BCUT2D eigenvalue weighted by Gasteiger charge is 2.30. The fourth-order valence-electron chi connectivity index (χ4n) is 2.72. The molecule has 1 aliphatic heterocycles. The quantitative estimate of drug-likeness (QED) is 0.414. The summed E-state index contributed by atoms with van der Waals surface area (Å²) in [6.45, 7) is 2.31. The number of amides is 2. The maximum atomic E-state index is 13.1. The number of rotatable bonds is 6. The lowest BCUT2D eigenvalue weighted by molar-refractivity contribution is -0.128. The van der Waals surface area contributed by atoms with Crippen LogP contribution in [0, 0.1) is 5.82 Å². The molecule has 1 heterocycles. The summed E-state index contributed by atoms with van der Waals surface area (Å²) in [5.41, 5.74) is 1.16. The zero-order valence-electron chi connectivity index (χ0n) is 16.2. The normalized spacial score (nSPS) is 15.4. The van der Waals surface area contributed by atoms with Crippen LogP contribution in [-0.2, 0) is 16.2 Å². The number of benzene rings is 2. The minimum absolute atomic E-state index is 0.0414. The molecule has 0 unspecified atom stereocenters. The standard InChI is InChI=1S/C21H18ClFN2O4S/c1-3-28-17-10-13(8-15-19(26)24-21(30)25(2)20(15)27)9-16(22)18(17)29-11-12-4-6-14(23)7-5-12/h4-10H,3,11H2,1-2H3,(H,24,26,30). The molecule has 0 aliphatic carbocycles.